The minimum atomic E-state index is 0.0778. The average Bonchev–Trinajstić information content (AvgIpc) is 2.30. The van der Waals surface area contributed by atoms with Crippen molar-refractivity contribution < 1.29 is 0 Å². The van der Waals surface area contributed by atoms with Gasteiger partial charge in [-0.1, -0.05) is 37.6 Å². The van der Waals surface area contributed by atoms with E-state index in [0.717, 1.165) is 17.9 Å². The molecule has 2 atom stereocenters. The predicted octanol–water partition coefficient (Wildman–Crippen LogP) is 3.85. The molecule has 2 nitrogen and oxygen atoms in total. The quantitative estimate of drug-likeness (QED) is 0.849. The third-order valence-electron chi connectivity index (χ3n) is 3.65. The van der Waals surface area contributed by atoms with Gasteiger partial charge in [0.25, 0.3) is 0 Å². The molecule has 0 saturated heterocycles. The molecule has 0 radical (unpaired) electrons. The first-order chi connectivity index (χ1) is 8.51. The Morgan fingerprint density at radius 3 is 2.33 bits per heavy atom. The molecule has 3 heteroatoms. The fourth-order valence-electron chi connectivity index (χ4n) is 2.69. The van der Waals surface area contributed by atoms with Crippen molar-refractivity contribution in [1.82, 2.24) is 4.90 Å². The summed E-state index contributed by atoms with van der Waals surface area (Å²) in [6, 6.07) is 8.88. The molecule has 0 aliphatic heterocycles. The Bertz CT molecular complexity index is 361. The molecule has 1 aromatic carbocycles. The van der Waals surface area contributed by atoms with Crippen LogP contribution in [-0.2, 0) is 0 Å². The zero-order valence-electron chi connectivity index (χ0n) is 11.9. The summed E-state index contributed by atoms with van der Waals surface area (Å²) in [5.41, 5.74) is 7.38. The van der Waals surface area contributed by atoms with Crippen LogP contribution >= 0.6 is 11.6 Å². The summed E-state index contributed by atoms with van der Waals surface area (Å²) in [6.45, 7) is 6.51. The van der Waals surface area contributed by atoms with E-state index in [4.69, 9.17) is 17.3 Å². The highest BCUT2D eigenvalue weighted by atomic mass is 35.5. The summed E-state index contributed by atoms with van der Waals surface area (Å²) >= 11 is 6.09. The SMILES string of the molecule is CCC(CC)N(C)C(c1cccc(Cl)c1)C(C)N. The van der Waals surface area contributed by atoms with Crippen LogP contribution in [0, 0.1) is 0 Å². The Hall–Kier alpha value is -0.570. The van der Waals surface area contributed by atoms with E-state index in [2.05, 4.69) is 38.8 Å². The van der Waals surface area contributed by atoms with Crippen LogP contribution in [0.2, 0.25) is 5.02 Å². The standard InChI is InChI=1S/C15H25ClN2/c1-5-14(6-2)18(4)15(11(3)17)12-8-7-9-13(16)10-12/h7-11,14-15H,5-6,17H2,1-4H3. The van der Waals surface area contributed by atoms with E-state index in [1.165, 1.54) is 5.56 Å². The van der Waals surface area contributed by atoms with Crippen LogP contribution < -0.4 is 5.73 Å². The number of benzene rings is 1. The molecule has 0 spiro atoms. The van der Waals surface area contributed by atoms with E-state index in [9.17, 15) is 0 Å². The smallest absolute Gasteiger partial charge is 0.0496 e. The van der Waals surface area contributed by atoms with Gasteiger partial charge in [-0.15, -0.1) is 0 Å². The van der Waals surface area contributed by atoms with Crippen LogP contribution in [0.1, 0.15) is 45.2 Å². The maximum absolute atomic E-state index is 6.18. The van der Waals surface area contributed by atoms with Crippen molar-refractivity contribution in [2.24, 2.45) is 5.73 Å². The molecule has 0 aromatic heterocycles. The summed E-state index contributed by atoms with van der Waals surface area (Å²) in [5, 5.41) is 0.774. The molecule has 18 heavy (non-hydrogen) atoms. The average molecular weight is 269 g/mol. The minimum absolute atomic E-state index is 0.0778. The molecule has 102 valence electrons. The molecule has 0 amide bonds. The van der Waals surface area contributed by atoms with Crippen molar-refractivity contribution in [3.8, 4) is 0 Å². The highest BCUT2D eigenvalue weighted by Crippen LogP contribution is 2.27. The fourth-order valence-corrected chi connectivity index (χ4v) is 2.89. The summed E-state index contributed by atoms with van der Waals surface area (Å²) in [4.78, 5) is 2.39. The molecule has 1 aromatic rings. The second-order valence-corrected chi connectivity index (χ2v) is 5.43. The van der Waals surface area contributed by atoms with Crippen LogP contribution in [0.15, 0.2) is 24.3 Å². The van der Waals surface area contributed by atoms with Gasteiger partial charge in [0, 0.05) is 23.1 Å². The summed E-state index contributed by atoms with van der Waals surface area (Å²) in [5.74, 6) is 0. The predicted molar refractivity (Wildman–Crippen MR) is 80.0 cm³/mol. The lowest BCUT2D eigenvalue weighted by Gasteiger charge is -2.37. The van der Waals surface area contributed by atoms with Crippen molar-refractivity contribution in [3.63, 3.8) is 0 Å². The molecule has 0 fully saturated rings. The first-order valence-electron chi connectivity index (χ1n) is 6.74. The zero-order chi connectivity index (χ0) is 13.7. The Morgan fingerprint density at radius 2 is 1.89 bits per heavy atom. The van der Waals surface area contributed by atoms with E-state index in [1.54, 1.807) is 0 Å². The number of nitrogens with zero attached hydrogens (tertiary/aromatic N) is 1. The normalized spacial score (nSPS) is 15.1. The Morgan fingerprint density at radius 1 is 1.28 bits per heavy atom. The maximum Gasteiger partial charge on any atom is 0.0496 e. The van der Waals surface area contributed by atoms with Gasteiger partial charge in [-0.25, -0.2) is 0 Å². The van der Waals surface area contributed by atoms with Crippen LogP contribution in [-0.4, -0.2) is 24.0 Å². The number of nitrogens with two attached hydrogens (primary N) is 1. The second-order valence-electron chi connectivity index (χ2n) is 4.99. The van der Waals surface area contributed by atoms with E-state index in [0.29, 0.717) is 6.04 Å². The van der Waals surface area contributed by atoms with Crippen LogP contribution in [0.4, 0.5) is 0 Å². The first kappa shape index (κ1) is 15.5. The van der Waals surface area contributed by atoms with Gasteiger partial charge in [-0.05, 0) is 44.5 Å². The molecule has 0 aliphatic rings. The number of halogens is 1. The molecule has 1 rings (SSSR count). The van der Waals surface area contributed by atoms with Gasteiger partial charge in [0.15, 0.2) is 0 Å². The fraction of sp³-hybridized carbons (Fsp3) is 0.600. The summed E-state index contributed by atoms with van der Waals surface area (Å²) < 4.78 is 0. The molecule has 2 unspecified atom stereocenters. The van der Waals surface area contributed by atoms with Gasteiger partial charge < -0.3 is 5.73 Å². The van der Waals surface area contributed by atoms with Gasteiger partial charge in [0.05, 0.1) is 0 Å². The molecule has 0 heterocycles. The van der Waals surface area contributed by atoms with E-state index in [-0.39, 0.29) is 12.1 Å². The van der Waals surface area contributed by atoms with Crippen molar-refractivity contribution >= 4 is 11.6 Å². The number of hydrogen-bond acceptors (Lipinski definition) is 2. The molecular weight excluding hydrogens is 244 g/mol. The lowest BCUT2D eigenvalue weighted by atomic mass is 9.97. The monoisotopic (exact) mass is 268 g/mol. The topological polar surface area (TPSA) is 29.3 Å². The van der Waals surface area contributed by atoms with Gasteiger partial charge in [-0.2, -0.15) is 0 Å². The van der Waals surface area contributed by atoms with Crippen molar-refractivity contribution in [3.05, 3.63) is 34.9 Å². The van der Waals surface area contributed by atoms with Crippen LogP contribution in [0.5, 0.6) is 0 Å². The van der Waals surface area contributed by atoms with E-state index >= 15 is 0 Å². The minimum Gasteiger partial charge on any atom is -0.326 e. The number of rotatable bonds is 6. The van der Waals surface area contributed by atoms with Crippen molar-refractivity contribution in [1.29, 1.82) is 0 Å². The van der Waals surface area contributed by atoms with E-state index in [1.807, 2.05) is 18.2 Å². The first-order valence-corrected chi connectivity index (χ1v) is 7.12. The number of likely N-dealkylation sites (N-methyl/N-ethyl adjacent to an activating group) is 1. The third kappa shape index (κ3) is 3.71. The summed E-state index contributed by atoms with van der Waals surface area (Å²) in [7, 11) is 2.16. The van der Waals surface area contributed by atoms with Gasteiger partial charge >= 0.3 is 0 Å². The van der Waals surface area contributed by atoms with Gasteiger partial charge in [-0.3, -0.25) is 4.90 Å². The Kier molecular flexibility index (Phi) is 6.13. The van der Waals surface area contributed by atoms with Crippen molar-refractivity contribution in [2.45, 2.75) is 51.7 Å². The number of hydrogen-bond donors (Lipinski definition) is 1. The van der Waals surface area contributed by atoms with E-state index < -0.39 is 0 Å². The lowest BCUT2D eigenvalue weighted by Crippen LogP contribution is -2.42. The molecule has 0 aliphatic carbocycles. The highest BCUT2D eigenvalue weighted by molar-refractivity contribution is 6.30. The Balaban J connectivity index is 3.02. The molecule has 2 N–H and O–H groups in total. The summed E-state index contributed by atoms with van der Waals surface area (Å²) in [6.07, 6.45) is 2.27. The molecule has 0 saturated carbocycles. The largest absolute Gasteiger partial charge is 0.326 e. The molecule has 0 bridgehead atoms. The third-order valence-corrected chi connectivity index (χ3v) is 3.88. The lowest BCUT2D eigenvalue weighted by molar-refractivity contribution is 0.146. The van der Waals surface area contributed by atoms with Crippen molar-refractivity contribution in [2.75, 3.05) is 7.05 Å². The zero-order valence-corrected chi connectivity index (χ0v) is 12.6. The molecular formula is C15H25ClN2. The second kappa shape index (κ2) is 7.13. The van der Waals surface area contributed by atoms with Crippen LogP contribution in [0.25, 0.3) is 0 Å². The van der Waals surface area contributed by atoms with Crippen LogP contribution in [0.3, 0.4) is 0 Å². The maximum atomic E-state index is 6.18. The Labute approximate surface area is 116 Å². The van der Waals surface area contributed by atoms with Gasteiger partial charge in [0.2, 0.25) is 0 Å². The highest BCUT2D eigenvalue weighted by Gasteiger charge is 2.25. The van der Waals surface area contributed by atoms with Gasteiger partial charge in [0.1, 0.15) is 0 Å².